The molecule has 4 nitrogen and oxygen atoms in total. The molecule has 106 valence electrons. The van der Waals surface area contributed by atoms with Gasteiger partial charge in [-0.3, -0.25) is 10.1 Å². The molecule has 0 spiro atoms. The lowest BCUT2D eigenvalue weighted by Gasteiger charge is -2.17. The number of rotatable bonds is 4. The molecule has 0 aliphatic rings. The van der Waals surface area contributed by atoms with Crippen LogP contribution >= 0.6 is 11.3 Å². The number of thiophene rings is 1. The minimum absolute atomic E-state index is 0.128. The van der Waals surface area contributed by atoms with Crippen LogP contribution in [-0.2, 0) is 0 Å². The summed E-state index contributed by atoms with van der Waals surface area (Å²) in [5.74, 6) is 0. The highest BCUT2D eigenvalue weighted by Gasteiger charge is 2.13. The topological polar surface area (TPSA) is 55.2 Å². The maximum atomic E-state index is 10.7. The van der Waals surface area contributed by atoms with Gasteiger partial charge in [0.2, 0.25) is 0 Å². The quantitative estimate of drug-likeness (QED) is 0.652. The Morgan fingerprint density at radius 3 is 2.45 bits per heavy atom. The van der Waals surface area contributed by atoms with E-state index < -0.39 is 0 Å². The monoisotopic (exact) mass is 290 g/mol. The van der Waals surface area contributed by atoms with Gasteiger partial charge in [-0.05, 0) is 51.0 Å². The van der Waals surface area contributed by atoms with E-state index in [0.717, 1.165) is 11.3 Å². The molecule has 1 unspecified atom stereocenters. The summed E-state index contributed by atoms with van der Waals surface area (Å²) < 4.78 is 0. The third-order valence-corrected chi connectivity index (χ3v) is 4.32. The summed E-state index contributed by atoms with van der Waals surface area (Å²) in [4.78, 5) is 13.0. The van der Waals surface area contributed by atoms with Gasteiger partial charge in [-0.25, -0.2) is 0 Å². The van der Waals surface area contributed by atoms with E-state index in [-0.39, 0.29) is 16.7 Å². The van der Waals surface area contributed by atoms with Crippen molar-refractivity contribution in [3.63, 3.8) is 0 Å². The standard InChI is InChI=1S/C15H18N2O2S/c1-9-7-13(17(18)19)5-6-15(9)16-11(3)14-8-10(2)20-12(14)4/h5-8,11,16H,1-4H3. The third-order valence-electron chi connectivity index (χ3n) is 3.34. The van der Waals surface area contributed by atoms with Crippen LogP contribution in [-0.4, -0.2) is 4.92 Å². The number of hydrogen-bond acceptors (Lipinski definition) is 4. The molecule has 1 N–H and O–H groups in total. The van der Waals surface area contributed by atoms with Crippen molar-refractivity contribution < 1.29 is 4.92 Å². The first-order valence-electron chi connectivity index (χ1n) is 6.47. The largest absolute Gasteiger partial charge is 0.378 e. The Morgan fingerprint density at radius 2 is 1.95 bits per heavy atom. The summed E-state index contributed by atoms with van der Waals surface area (Å²) in [6.07, 6.45) is 0. The van der Waals surface area contributed by atoms with Gasteiger partial charge in [-0.1, -0.05) is 0 Å². The number of nitrogens with one attached hydrogen (secondary N) is 1. The molecule has 0 amide bonds. The SMILES string of the molecule is Cc1cc(C(C)Nc2ccc([N+](=O)[O-])cc2C)c(C)s1. The average molecular weight is 290 g/mol. The average Bonchev–Trinajstić information content (AvgIpc) is 2.70. The third kappa shape index (κ3) is 2.99. The Morgan fingerprint density at radius 1 is 1.25 bits per heavy atom. The van der Waals surface area contributed by atoms with Gasteiger partial charge < -0.3 is 5.32 Å². The summed E-state index contributed by atoms with van der Waals surface area (Å²) in [6.45, 7) is 8.21. The Kier molecular flexibility index (Phi) is 4.09. The first kappa shape index (κ1) is 14.5. The molecule has 1 atom stereocenters. The molecule has 0 radical (unpaired) electrons. The number of aryl methyl sites for hydroxylation is 3. The molecule has 5 heteroatoms. The molecule has 0 saturated carbocycles. The fourth-order valence-corrected chi connectivity index (χ4v) is 3.34. The summed E-state index contributed by atoms with van der Waals surface area (Å²) in [6, 6.07) is 7.28. The van der Waals surface area contributed by atoms with Crippen molar-refractivity contribution in [3.8, 4) is 0 Å². The number of non-ortho nitro benzene ring substituents is 1. The summed E-state index contributed by atoms with van der Waals surface area (Å²) in [5, 5.41) is 14.2. The van der Waals surface area contributed by atoms with Gasteiger partial charge in [-0.2, -0.15) is 0 Å². The second kappa shape index (κ2) is 5.63. The van der Waals surface area contributed by atoms with Crippen molar-refractivity contribution >= 4 is 22.7 Å². The fraction of sp³-hybridized carbons (Fsp3) is 0.333. The molecular formula is C15H18N2O2S. The van der Waals surface area contributed by atoms with Gasteiger partial charge in [0.1, 0.15) is 0 Å². The minimum Gasteiger partial charge on any atom is -0.378 e. The highest BCUT2D eigenvalue weighted by Crippen LogP contribution is 2.30. The number of nitro benzene ring substituents is 1. The Bertz CT molecular complexity index is 649. The second-order valence-electron chi connectivity index (χ2n) is 4.99. The maximum absolute atomic E-state index is 10.7. The van der Waals surface area contributed by atoms with Crippen LogP contribution in [0.15, 0.2) is 24.3 Å². The predicted molar refractivity (Wildman–Crippen MR) is 83.7 cm³/mol. The summed E-state index contributed by atoms with van der Waals surface area (Å²) >= 11 is 1.79. The van der Waals surface area contributed by atoms with Crippen molar-refractivity contribution in [2.75, 3.05) is 5.32 Å². The smallest absolute Gasteiger partial charge is 0.269 e. The van der Waals surface area contributed by atoms with Crippen LogP contribution in [0.4, 0.5) is 11.4 Å². The number of hydrogen-bond donors (Lipinski definition) is 1. The van der Waals surface area contributed by atoms with Crippen molar-refractivity contribution in [3.05, 3.63) is 55.3 Å². The van der Waals surface area contributed by atoms with E-state index in [2.05, 4.69) is 32.2 Å². The van der Waals surface area contributed by atoms with Crippen molar-refractivity contribution in [2.24, 2.45) is 0 Å². The molecule has 0 bridgehead atoms. The molecule has 2 aromatic rings. The second-order valence-corrected chi connectivity index (χ2v) is 6.45. The normalized spacial score (nSPS) is 12.2. The molecule has 1 aromatic heterocycles. The molecule has 0 saturated heterocycles. The lowest BCUT2D eigenvalue weighted by Crippen LogP contribution is -2.08. The number of nitrogens with zero attached hydrogens (tertiary/aromatic N) is 1. The van der Waals surface area contributed by atoms with E-state index in [9.17, 15) is 10.1 Å². The molecule has 0 aliphatic heterocycles. The lowest BCUT2D eigenvalue weighted by molar-refractivity contribution is -0.384. The highest BCUT2D eigenvalue weighted by molar-refractivity contribution is 7.12. The summed E-state index contributed by atoms with van der Waals surface area (Å²) in [5.41, 5.74) is 3.23. The lowest BCUT2D eigenvalue weighted by atomic mass is 10.1. The molecule has 0 fully saturated rings. The highest BCUT2D eigenvalue weighted by atomic mass is 32.1. The van der Waals surface area contributed by atoms with Crippen LogP contribution in [0.25, 0.3) is 0 Å². The molecule has 2 rings (SSSR count). The van der Waals surface area contributed by atoms with Crippen LogP contribution < -0.4 is 5.32 Å². The van der Waals surface area contributed by atoms with Crippen molar-refractivity contribution in [2.45, 2.75) is 33.7 Å². The van der Waals surface area contributed by atoms with Crippen molar-refractivity contribution in [1.29, 1.82) is 0 Å². The van der Waals surface area contributed by atoms with E-state index in [0.29, 0.717) is 0 Å². The number of benzene rings is 1. The van der Waals surface area contributed by atoms with Gasteiger partial charge in [-0.15, -0.1) is 11.3 Å². The zero-order chi connectivity index (χ0) is 14.9. The van der Waals surface area contributed by atoms with Gasteiger partial charge in [0.05, 0.1) is 4.92 Å². The number of anilines is 1. The predicted octanol–water partition coefficient (Wildman–Crippen LogP) is 4.75. The Balaban J connectivity index is 2.22. The van der Waals surface area contributed by atoms with E-state index in [4.69, 9.17) is 0 Å². The first-order valence-corrected chi connectivity index (χ1v) is 7.28. The molecular weight excluding hydrogens is 272 g/mol. The molecule has 1 aromatic carbocycles. The Labute approximate surface area is 122 Å². The first-order chi connectivity index (χ1) is 9.38. The van der Waals surface area contributed by atoms with E-state index in [1.54, 1.807) is 23.5 Å². The molecule has 20 heavy (non-hydrogen) atoms. The van der Waals surface area contributed by atoms with Crippen LogP contribution in [0.2, 0.25) is 0 Å². The van der Waals surface area contributed by atoms with Crippen LogP contribution in [0.5, 0.6) is 0 Å². The van der Waals surface area contributed by atoms with E-state index in [1.165, 1.54) is 21.4 Å². The van der Waals surface area contributed by atoms with Gasteiger partial charge >= 0.3 is 0 Å². The summed E-state index contributed by atoms with van der Waals surface area (Å²) in [7, 11) is 0. The van der Waals surface area contributed by atoms with Crippen LogP contribution in [0, 0.1) is 30.9 Å². The maximum Gasteiger partial charge on any atom is 0.269 e. The Hall–Kier alpha value is -1.88. The van der Waals surface area contributed by atoms with Crippen LogP contribution in [0.3, 0.4) is 0 Å². The zero-order valence-electron chi connectivity index (χ0n) is 12.1. The number of nitro groups is 1. The molecule has 0 aliphatic carbocycles. The van der Waals surface area contributed by atoms with Crippen molar-refractivity contribution in [1.82, 2.24) is 0 Å². The fourth-order valence-electron chi connectivity index (χ4n) is 2.31. The zero-order valence-corrected chi connectivity index (χ0v) is 12.9. The van der Waals surface area contributed by atoms with Crippen LogP contribution in [0.1, 0.15) is 33.8 Å². The van der Waals surface area contributed by atoms with E-state index >= 15 is 0 Å². The minimum atomic E-state index is -0.368. The molecule has 1 heterocycles. The van der Waals surface area contributed by atoms with E-state index in [1.807, 2.05) is 6.92 Å². The van der Waals surface area contributed by atoms with Gasteiger partial charge in [0.25, 0.3) is 5.69 Å². The van der Waals surface area contributed by atoms with Gasteiger partial charge in [0.15, 0.2) is 0 Å². The van der Waals surface area contributed by atoms with Gasteiger partial charge in [0, 0.05) is 33.6 Å².